The lowest BCUT2D eigenvalue weighted by Crippen LogP contribution is -2.02. The van der Waals surface area contributed by atoms with Crippen LogP contribution in [-0.2, 0) is 11.3 Å². The quantitative estimate of drug-likeness (QED) is 0.569. The van der Waals surface area contributed by atoms with Crippen LogP contribution in [0.3, 0.4) is 0 Å². The van der Waals surface area contributed by atoms with Crippen molar-refractivity contribution in [2.24, 2.45) is 0 Å². The number of aromatic nitrogens is 2. The van der Waals surface area contributed by atoms with Gasteiger partial charge in [-0.1, -0.05) is 59.9 Å². The average Bonchev–Trinajstić information content (AvgIpc) is 2.40. The monoisotopic (exact) mass is 330 g/mol. The van der Waals surface area contributed by atoms with Gasteiger partial charge in [-0.3, -0.25) is 0 Å². The molecule has 0 aliphatic heterocycles. The van der Waals surface area contributed by atoms with Crippen molar-refractivity contribution in [1.29, 1.82) is 0 Å². The number of ether oxygens (including phenoxy) is 1. The second-order valence-corrected chi connectivity index (χ2v) is 5.25. The number of benzene rings is 1. The van der Waals surface area contributed by atoms with Crippen molar-refractivity contribution >= 4 is 34.8 Å². The fraction of sp³-hybridized carbons (Fsp3) is 0.286. The van der Waals surface area contributed by atoms with E-state index in [4.69, 9.17) is 39.5 Å². The van der Waals surface area contributed by atoms with Gasteiger partial charge >= 0.3 is 0 Å². The molecule has 0 atom stereocenters. The topological polar surface area (TPSA) is 35.0 Å². The Hall–Kier alpha value is -0.870. The molecule has 0 fully saturated rings. The van der Waals surface area contributed by atoms with Crippen LogP contribution < -0.4 is 0 Å². The van der Waals surface area contributed by atoms with E-state index in [0.717, 1.165) is 6.42 Å². The van der Waals surface area contributed by atoms with Crippen molar-refractivity contribution in [2.75, 3.05) is 6.61 Å². The van der Waals surface area contributed by atoms with E-state index >= 15 is 0 Å². The summed E-state index contributed by atoms with van der Waals surface area (Å²) in [7, 11) is 0. The maximum absolute atomic E-state index is 6.20. The van der Waals surface area contributed by atoms with E-state index < -0.39 is 0 Å². The highest BCUT2D eigenvalue weighted by molar-refractivity contribution is 6.40. The van der Waals surface area contributed by atoms with Crippen LogP contribution in [0.25, 0.3) is 11.1 Å². The number of halogens is 3. The van der Waals surface area contributed by atoms with Crippen molar-refractivity contribution < 1.29 is 4.74 Å². The fourth-order valence-corrected chi connectivity index (χ4v) is 2.56. The van der Waals surface area contributed by atoms with Crippen molar-refractivity contribution in [3.05, 3.63) is 45.4 Å². The molecule has 20 heavy (non-hydrogen) atoms. The summed E-state index contributed by atoms with van der Waals surface area (Å²) >= 11 is 18.6. The van der Waals surface area contributed by atoms with Gasteiger partial charge in [-0.15, -0.1) is 0 Å². The van der Waals surface area contributed by atoms with Crippen LogP contribution in [0.5, 0.6) is 0 Å². The first-order valence-corrected chi connectivity index (χ1v) is 7.31. The molecule has 2 aromatic rings. The van der Waals surface area contributed by atoms with Crippen LogP contribution >= 0.6 is 34.8 Å². The zero-order valence-corrected chi connectivity index (χ0v) is 13.1. The van der Waals surface area contributed by atoms with Gasteiger partial charge < -0.3 is 4.74 Å². The first-order valence-electron chi connectivity index (χ1n) is 6.18. The van der Waals surface area contributed by atoms with Crippen LogP contribution in [0.1, 0.15) is 19.2 Å². The lowest BCUT2D eigenvalue weighted by Gasteiger charge is -2.10. The summed E-state index contributed by atoms with van der Waals surface area (Å²) in [6.45, 7) is 2.96. The molecule has 0 unspecified atom stereocenters. The predicted molar refractivity (Wildman–Crippen MR) is 82.4 cm³/mol. The summed E-state index contributed by atoms with van der Waals surface area (Å²) in [5, 5.41) is 1.09. The number of rotatable bonds is 5. The van der Waals surface area contributed by atoms with E-state index in [1.807, 2.05) is 25.1 Å². The standard InChI is InChI=1S/C14H13Cl3N2O/c1-2-7-20-8-11-18-13(16)12(14(17)19-11)9-5-3-4-6-10(9)15/h3-6H,2,7-8H2,1H3. The van der Waals surface area contributed by atoms with E-state index in [0.29, 0.717) is 28.6 Å². The minimum absolute atomic E-state index is 0.271. The van der Waals surface area contributed by atoms with Gasteiger partial charge in [0.15, 0.2) is 5.82 Å². The molecule has 1 aromatic heterocycles. The highest BCUT2D eigenvalue weighted by Gasteiger charge is 2.15. The molecule has 0 radical (unpaired) electrons. The third kappa shape index (κ3) is 3.61. The van der Waals surface area contributed by atoms with E-state index in [9.17, 15) is 0 Å². The molecule has 0 saturated heterocycles. The number of hydrogen-bond donors (Lipinski definition) is 0. The molecule has 0 N–H and O–H groups in total. The highest BCUT2D eigenvalue weighted by Crippen LogP contribution is 2.36. The summed E-state index contributed by atoms with van der Waals surface area (Å²) in [4.78, 5) is 8.42. The molecule has 0 amide bonds. The van der Waals surface area contributed by atoms with Gasteiger partial charge in [0.1, 0.15) is 16.9 Å². The van der Waals surface area contributed by atoms with E-state index in [-0.39, 0.29) is 16.9 Å². The van der Waals surface area contributed by atoms with Gasteiger partial charge in [-0.25, -0.2) is 9.97 Å². The number of nitrogens with zero attached hydrogens (tertiary/aromatic N) is 2. The van der Waals surface area contributed by atoms with E-state index in [1.165, 1.54) is 0 Å². The van der Waals surface area contributed by atoms with Gasteiger partial charge in [0.25, 0.3) is 0 Å². The zero-order valence-electron chi connectivity index (χ0n) is 10.9. The molecular formula is C14H13Cl3N2O. The molecule has 6 heteroatoms. The van der Waals surface area contributed by atoms with Crippen LogP contribution in [0.15, 0.2) is 24.3 Å². The maximum Gasteiger partial charge on any atom is 0.157 e. The van der Waals surface area contributed by atoms with Crippen LogP contribution in [0.4, 0.5) is 0 Å². The molecule has 2 rings (SSSR count). The molecule has 0 aliphatic carbocycles. The second kappa shape index (κ2) is 7.23. The largest absolute Gasteiger partial charge is 0.373 e. The minimum atomic E-state index is 0.271. The summed E-state index contributed by atoms with van der Waals surface area (Å²) in [6, 6.07) is 7.28. The van der Waals surface area contributed by atoms with Crippen molar-refractivity contribution in [1.82, 2.24) is 9.97 Å². The summed E-state index contributed by atoms with van der Waals surface area (Å²) in [5.41, 5.74) is 1.25. The third-order valence-corrected chi connectivity index (χ3v) is 3.47. The molecule has 0 spiro atoms. The van der Waals surface area contributed by atoms with Gasteiger partial charge in [0.05, 0.1) is 5.56 Å². The predicted octanol–water partition coefficient (Wildman–Crippen LogP) is 5.03. The number of hydrogen-bond acceptors (Lipinski definition) is 3. The van der Waals surface area contributed by atoms with Crippen molar-refractivity contribution in [3.63, 3.8) is 0 Å². The van der Waals surface area contributed by atoms with Gasteiger partial charge in [0, 0.05) is 17.2 Å². The molecule has 1 aromatic carbocycles. The van der Waals surface area contributed by atoms with Crippen molar-refractivity contribution in [2.45, 2.75) is 20.0 Å². The summed E-state index contributed by atoms with van der Waals surface area (Å²) in [5.74, 6) is 0.462. The first-order chi connectivity index (χ1) is 9.63. The van der Waals surface area contributed by atoms with Crippen LogP contribution in [-0.4, -0.2) is 16.6 Å². The summed E-state index contributed by atoms with van der Waals surface area (Å²) < 4.78 is 5.38. The van der Waals surface area contributed by atoms with E-state index in [2.05, 4.69) is 9.97 Å². The van der Waals surface area contributed by atoms with Gasteiger partial charge in [-0.2, -0.15) is 0 Å². The Bertz CT molecular complexity index is 582. The molecular weight excluding hydrogens is 319 g/mol. The smallest absolute Gasteiger partial charge is 0.157 e. The van der Waals surface area contributed by atoms with Gasteiger partial charge in [0.2, 0.25) is 0 Å². The van der Waals surface area contributed by atoms with Crippen LogP contribution in [0, 0.1) is 0 Å². The lowest BCUT2D eigenvalue weighted by atomic mass is 10.1. The molecule has 3 nitrogen and oxygen atoms in total. The Labute approximate surface area is 132 Å². The Balaban J connectivity index is 2.34. The Morgan fingerprint density at radius 1 is 1.05 bits per heavy atom. The SMILES string of the molecule is CCCOCc1nc(Cl)c(-c2ccccc2Cl)c(Cl)n1. The molecule has 0 bridgehead atoms. The third-order valence-electron chi connectivity index (χ3n) is 2.59. The lowest BCUT2D eigenvalue weighted by molar-refractivity contribution is 0.116. The van der Waals surface area contributed by atoms with Gasteiger partial charge in [-0.05, 0) is 12.5 Å². The normalized spacial score (nSPS) is 10.8. The second-order valence-electron chi connectivity index (χ2n) is 4.13. The average molecular weight is 332 g/mol. The minimum Gasteiger partial charge on any atom is -0.373 e. The first kappa shape index (κ1) is 15.5. The van der Waals surface area contributed by atoms with Crippen LogP contribution in [0.2, 0.25) is 15.3 Å². The Morgan fingerprint density at radius 3 is 2.30 bits per heavy atom. The van der Waals surface area contributed by atoms with Crippen molar-refractivity contribution in [3.8, 4) is 11.1 Å². The molecule has 106 valence electrons. The highest BCUT2D eigenvalue weighted by atomic mass is 35.5. The summed E-state index contributed by atoms with van der Waals surface area (Å²) in [6.07, 6.45) is 0.930. The molecule has 1 heterocycles. The van der Waals surface area contributed by atoms with E-state index in [1.54, 1.807) is 6.07 Å². The fourth-order valence-electron chi connectivity index (χ4n) is 1.71. The Kier molecular flexibility index (Phi) is 5.61. The maximum atomic E-state index is 6.20. The molecule has 0 aliphatic rings. The zero-order chi connectivity index (χ0) is 14.5. The Morgan fingerprint density at radius 2 is 1.70 bits per heavy atom. The molecule has 0 saturated carbocycles.